The molecule has 0 aliphatic rings. The minimum atomic E-state index is -3.72. The summed E-state index contributed by atoms with van der Waals surface area (Å²) in [5, 5.41) is 0. The van der Waals surface area contributed by atoms with Crippen molar-refractivity contribution in [1.82, 2.24) is 4.72 Å². The molecule has 196 valence electrons. The second-order valence-corrected chi connectivity index (χ2v) is 11.0. The molecule has 37 heavy (non-hydrogen) atoms. The molecule has 4 aromatic rings. The number of nitrogens with one attached hydrogen (secondary N) is 1. The van der Waals surface area contributed by atoms with Gasteiger partial charge in [0.25, 0.3) is 0 Å². The average molecular weight is 602 g/mol. The normalized spacial score (nSPS) is 12.6. The molecule has 0 saturated heterocycles. The van der Waals surface area contributed by atoms with Gasteiger partial charge in [-0.15, -0.1) is 0 Å². The summed E-state index contributed by atoms with van der Waals surface area (Å²) in [6.07, 6.45) is 0. The molecule has 0 aliphatic heterocycles. The van der Waals surface area contributed by atoms with Crippen LogP contribution in [0.5, 0.6) is 0 Å². The fraction of sp³-hybridized carbons (Fsp3) is 0.226. The van der Waals surface area contributed by atoms with Crippen molar-refractivity contribution < 1.29 is 27.9 Å². The van der Waals surface area contributed by atoms with Gasteiger partial charge in [0.15, 0.2) is 0 Å². The third-order valence-corrected chi connectivity index (χ3v) is 7.71. The summed E-state index contributed by atoms with van der Waals surface area (Å²) in [6, 6.07) is 33.5. The first-order chi connectivity index (χ1) is 17.2. The molecule has 4 rings (SSSR count). The van der Waals surface area contributed by atoms with E-state index in [2.05, 4.69) is 49.8 Å². The van der Waals surface area contributed by atoms with Crippen LogP contribution in [0.4, 0.5) is 0 Å². The van der Waals surface area contributed by atoms with Crippen molar-refractivity contribution in [3.63, 3.8) is 0 Å². The van der Waals surface area contributed by atoms with E-state index in [9.17, 15) is 8.42 Å². The van der Waals surface area contributed by atoms with Crippen LogP contribution < -0.4 is 10.5 Å². The molecular weight excluding hydrogens is 565 g/mol. The van der Waals surface area contributed by atoms with Crippen molar-refractivity contribution in [2.24, 2.45) is 5.73 Å². The van der Waals surface area contributed by atoms with Gasteiger partial charge in [0, 0.05) is 19.5 Å². The van der Waals surface area contributed by atoms with Gasteiger partial charge in [0.2, 0.25) is 10.0 Å². The molecule has 0 unspecified atom stereocenters. The van der Waals surface area contributed by atoms with Gasteiger partial charge in [-0.3, -0.25) is 0 Å². The quantitative estimate of drug-likeness (QED) is 0.228. The molecule has 0 heterocycles. The molecule has 0 fully saturated rings. The van der Waals surface area contributed by atoms with Gasteiger partial charge in [0.05, 0.1) is 17.0 Å². The zero-order valence-electron chi connectivity index (χ0n) is 21.8. The zero-order chi connectivity index (χ0) is 26.1. The summed E-state index contributed by atoms with van der Waals surface area (Å²) < 4.78 is 28.8. The predicted molar refractivity (Wildman–Crippen MR) is 149 cm³/mol. The number of sulfonamides is 1. The summed E-state index contributed by atoms with van der Waals surface area (Å²) in [7, 11) is -3.72. The largest absolute Gasteiger partial charge is 0.322 e. The molecule has 0 bridgehead atoms. The van der Waals surface area contributed by atoms with Gasteiger partial charge < -0.3 is 5.73 Å². The van der Waals surface area contributed by atoms with E-state index in [0.29, 0.717) is 11.5 Å². The van der Waals surface area contributed by atoms with E-state index in [1.54, 1.807) is 25.1 Å². The Balaban J connectivity index is 0.000000369. The molecule has 4 aromatic carbocycles. The van der Waals surface area contributed by atoms with Gasteiger partial charge in [0.1, 0.15) is 0 Å². The van der Waals surface area contributed by atoms with E-state index >= 15 is 0 Å². The Morgan fingerprint density at radius 1 is 0.649 bits per heavy atom. The Labute approximate surface area is 235 Å². The minimum absolute atomic E-state index is 0. The minimum Gasteiger partial charge on any atom is -0.322 e. The fourth-order valence-corrected chi connectivity index (χ4v) is 5.41. The molecule has 0 aliphatic carbocycles. The van der Waals surface area contributed by atoms with E-state index in [4.69, 9.17) is 5.73 Å². The molecule has 2 atom stereocenters. The molecule has 0 aromatic heterocycles. The SMILES string of the molecule is Cc1ccc(C(C)C)cc1.Cc1ccccc1S(=O)(=O)N[C@@H](c1ccccc1)[C@@H](N)c1ccccc1.[Ru]. The summed E-state index contributed by atoms with van der Waals surface area (Å²) in [5.41, 5.74) is 11.6. The van der Waals surface area contributed by atoms with Crippen LogP contribution >= 0.6 is 0 Å². The van der Waals surface area contributed by atoms with E-state index in [1.807, 2.05) is 66.7 Å². The Morgan fingerprint density at radius 3 is 1.65 bits per heavy atom. The molecule has 3 N–H and O–H groups in total. The fourth-order valence-electron chi connectivity index (χ4n) is 3.92. The number of hydrogen-bond acceptors (Lipinski definition) is 3. The summed E-state index contributed by atoms with van der Waals surface area (Å²) >= 11 is 0. The van der Waals surface area contributed by atoms with Gasteiger partial charge in [-0.2, -0.15) is 0 Å². The third-order valence-electron chi connectivity index (χ3n) is 6.11. The second-order valence-electron chi connectivity index (χ2n) is 9.28. The van der Waals surface area contributed by atoms with Crippen molar-refractivity contribution in [2.45, 2.75) is 50.6 Å². The van der Waals surface area contributed by atoms with Crippen molar-refractivity contribution in [1.29, 1.82) is 0 Å². The standard InChI is InChI=1S/C21H22N2O2S.C10H14.Ru/c1-16-10-8-9-15-19(16)26(24,25)23-21(18-13-6-3-7-14-18)20(22)17-11-4-2-5-12-17;1-8(2)10-6-4-9(3)5-7-10;/h2-15,20-21,23H,22H2,1H3;4-8H,1-3H3;/t20-,21-;;/m0../s1. The Kier molecular flexibility index (Phi) is 11.9. The van der Waals surface area contributed by atoms with Crippen LogP contribution in [-0.2, 0) is 29.5 Å². The molecule has 0 spiro atoms. The van der Waals surface area contributed by atoms with Crippen LogP contribution in [-0.4, -0.2) is 8.42 Å². The van der Waals surface area contributed by atoms with Gasteiger partial charge >= 0.3 is 0 Å². The topological polar surface area (TPSA) is 72.2 Å². The monoisotopic (exact) mass is 602 g/mol. The summed E-state index contributed by atoms with van der Waals surface area (Å²) in [6.45, 7) is 8.32. The zero-order valence-corrected chi connectivity index (χ0v) is 24.3. The van der Waals surface area contributed by atoms with E-state index in [0.717, 1.165) is 11.1 Å². The number of rotatable bonds is 7. The molecule has 0 saturated carbocycles. The van der Waals surface area contributed by atoms with Gasteiger partial charge in [-0.25, -0.2) is 13.1 Å². The number of nitrogens with two attached hydrogens (primary N) is 1. The van der Waals surface area contributed by atoms with Gasteiger partial charge in [-0.1, -0.05) is 123 Å². The maximum absolute atomic E-state index is 13.0. The predicted octanol–water partition coefficient (Wildman–Crippen LogP) is 6.83. The number of aryl methyl sites for hydroxylation is 2. The Morgan fingerprint density at radius 2 is 1.14 bits per heavy atom. The number of benzene rings is 4. The average Bonchev–Trinajstić information content (AvgIpc) is 2.89. The Bertz CT molecular complexity index is 1330. The van der Waals surface area contributed by atoms with Crippen LogP contribution in [0.1, 0.15) is 59.7 Å². The molecule has 4 nitrogen and oxygen atoms in total. The van der Waals surface area contributed by atoms with Crippen molar-refractivity contribution in [3.8, 4) is 0 Å². The first kappa shape index (κ1) is 30.6. The van der Waals surface area contributed by atoms with Crippen LogP contribution in [0, 0.1) is 13.8 Å². The van der Waals surface area contributed by atoms with Gasteiger partial charge in [-0.05, 0) is 48.1 Å². The van der Waals surface area contributed by atoms with E-state index < -0.39 is 22.1 Å². The van der Waals surface area contributed by atoms with Crippen LogP contribution in [0.3, 0.4) is 0 Å². The third kappa shape index (κ3) is 8.72. The first-order valence-corrected chi connectivity index (χ1v) is 13.7. The number of hydrogen-bond donors (Lipinski definition) is 2. The van der Waals surface area contributed by atoms with Crippen LogP contribution in [0.2, 0.25) is 0 Å². The smallest absolute Gasteiger partial charge is 0.241 e. The van der Waals surface area contributed by atoms with Crippen molar-refractivity contribution in [3.05, 3.63) is 137 Å². The van der Waals surface area contributed by atoms with Crippen molar-refractivity contribution in [2.75, 3.05) is 0 Å². The molecule has 0 radical (unpaired) electrons. The maximum atomic E-state index is 13.0. The summed E-state index contributed by atoms with van der Waals surface area (Å²) in [4.78, 5) is 0.265. The molecule has 6 heteroatoms. The maximum Gasteiger partial charge on any atom is 0.241 e. The van der Waals surface area contributed by atoms with Crippen molar-refractivity contribution >= 4 is 10.0 Å². The molecular formula is C31H36N2O2RuS. The van der Waals surface area contributed by atoms with E-state index in [-0.39, 0.29) is 24.4 Å². The van der Waals surface area contributed by atoms with Crippen LogP contribution in [0.25, 0.3) is 0 Å². The molecule has 0 amide bonds. The van der Waals surface area contributed by atoms with E-state index in [1.165, 1.54) is 11.1 Å². The Hall–Kier alpha value is -2.63. The van der Waals surface area contributed by atoms with Crippen LogP contribution in [0.15, 0.2) is 114 Å². The second kappa shape index (κ2) is 14.3. The summed E-state index contributed by atoms with van der Waals surface area (Å²) in [5.74, 6) is 0.653. The first-order valence-electron chi connectivity index (χ1n) is 12.2.